The predicted octanol–water partition coefficient (Wildman–Crippen LogP) is 5.34. The molecule has 6 nitrogen and oxygen atoms in total. The lowest BCUT2D eigenvalue weighted by atomic mass is 9.99. The predicted molar refractivity (Wildman–Crippen MR) is 121 cm³/mol. The Morgan fingerprint density at radius 3 is 2.33 bits per heavy atom. The minimum Gasteiger partial charge on any atom is -0.496 e. The van der Waals surface area contributed by atoms with Gasteiger partial charge in [-0.15, -0.1) is 0 Å². The topological polar surface area (TPSA) is 95.4 Å². The summed E-state index contributed by atoms with van der Waals surface area (Å²) in [5.74, 6) is -0.824. The number of nitrogen functional groups attached to an aromatic ring is 1. The fraction of sp³-hybridized carbons (Fsp3) is 0.125. The number of oxazole rings is 1. The molecule has 33 heavy (non-hydrogen) atoms. The first-order valence-corrected chi connectivity index (χ1v) is 11.6. The monoisotopic (exact) mass is 470 g/mol. The van der Waals surface area contributed by atoms with Gasteiger partial charge in [-0.2, -0.15) is 4.98 Å². The second-order valence-electron chi connectivity index (χ2n) is 7.23. The molecule has 0 saturated carbocycles. The molecule has 4 aromatic rings. The molecule has 0 saturated heterocycles. The van der Waals surface area contributed by atoms with Gasteiger partial charge in [0, 0.05) is 17.2 Å². The van der Waals surface area contributed by atoms with E-state index in [1.165, 1.54) is 31.4 Å². The Balaban J connectivity index is 1.89. The molecule has 170 valence electrons. The highest BCUT2D eigenvalue weighted by Gasteiger charge is 2.22. The summed E-state index contributed by atoms with van der Waals surface area (Å²) in [6.07, 6.45) is 0. The second kappa shape index (κ2) is 8.67. The Hall–Kier alpha value is -3.72. The van der Waals surface area contributed by atoms with Crippen LogP contribution in [-0.4, -0.2) is 26.3 Å². The zero-order chi connectivity index (χ0) is 23.8. The molecule has 2 N–H and O–H groups in total. The van der Waals surface area contributed by atoms with Gasteiger partial charge in [0.2, 0.25) is 0 Å². The van der Waals surface area contributed by atoms with E-state index < -0.39 is 21.5 Å². The number of halogens is 2. The molecule has 1 aromatic heterocycles. The summed E-state index contributed by atoms with van der Waals surface area (Å²) in [5, 5.41) is 0. The highest BCUT2D eigenvalue weighted by atomic mass is 32.2. The number of methoxy groups -OCH3 is 1. The number of benzene rings is 3. The molecule has 0 radical (unpaired) electrons. The number of sulfone groups is 1. The summed E-state index contributed by atoms with van der Waals surface area (Å²) in [6.45, 7) is 1.56. The summed E-state index contributed by atoms with van der Waals surface area (Å²) < 4.78 is 63.4. The summed E-state index contributed by atoms with van der Waals surface area (Å²) in [5.41, 5.74) is 7.92. The van der Waals surface area contributed by atoms with Crippen LogP contribution in [0.15, 0.2) is 70.0 Å². The number of ether oxygens (including phenoxy) is 1. The largest absolute Gasteiger partial charge is 0.496 e. The minimum absolute atomic E-state index is 0.0706. The van der Waals surface area contributed by atoms with E-state index >= 15 is 0 Å². The van der Waals surface area contributed by atoms with Crippen molar-refractivity contribution in [2.45, 2.75) is 11.8 Å². The maximum atomic E-state index is 13.7. The zero-order valence-electron chi connectivity index (χ0n) is 17.8. The van der Waals surface area contributed by atoms with Crippen LogP contribution in [-0.2, 0) is 9.84 Å². The highest BCUT2D eigenvalue weighted by molar-refractivity contribution is 7.91. The van der Waals surface area contributed by atoms with Gasteiger partial charge in [-0.05, 0) is 47.5 Å². The molecule has 1 heterocycles. The van der Waals surface area contributed by atoms with Crippen LogP contribution in [0, 0.1) is 11.6 Å². The van der Waals surface area contributed by atoms with E-state index in [2.05, 4.69) is 4.98 Å². The molecule has 0 unspecified atom stereocenters. The second-order valence-corrected chi connectivity index (χ2v) is 9.51. The quantitative estimate of drug-likeness (QED) is 0.409. The SMILES string of the molecule is CCS(=O)(=O)c1ccc(OC)c(-c2nc(N)oc2-c2cccc(-c3cc(F)cc(F)c3)c2)c1. The van der Waals surface area contributed by atoms with Crippen LogP contribution in [0.3, 0.4) is 0 Å². The fourth-order valence-electron chi connectivity index (χ4n) is 3.51. The lowest BCUT2D eigenvalue weighted by Crippen LogP contribution is -2.04. The molecule has 0 bridgehead atoms. The van der Waals surface area contributed by atoms with Crippen molar-refractivity contribution in [3.63, 3.8) is 0 Å². The van der Waals surface area contributed by atoms with Gasteiger partial charge in [0.1, 0.15) is 23.1 Å². The van der Waals surface area contributed by atoms with Crippen LogP contribution < -0.4 is 10.5 Å². The number of rotatable bonds is 6. The number of hydrogen-bond acceptors (Lipinski definition) is 6. The number of aromatic nitrogens is 1. The Morgan fingerprint density at radius 1 is 0.970 bits per heavy atom. The lowest BCUT2D eigenvalue weighted by molar-refractivity contribution is 0.416. The third-order valence-electron chi connectivity index (χ3n) is 5.13. The molecule has 0 atom stereocenters. The van der Waals surface area contributed by atoms with E-state index in [1.807, 2.05) is 0 Å². The molecule has 0 fully saturated rings. The standard InChI is InChI=1S/C24H20F2N2O4S/c1-3-33(29,30)19-7-8-21(31-2)20(13-19)22-23(32-24(27)28-22)15-6-4-5-14(9-15)16-10-17(25)12-18(26)11-16/h4-13H,3H2,1-2H3,(H2,27,28). The molecule has 4 rings (SSSR count). The first-order chi connectivity index (χ1) is 15.7. The minimum atomic E-state index is -3.49. The first kappa shape index (κ1) is 22.5. The van der Waals surface area contributed by atoms with Crippen molar-refractivity contribution in [3.8, 4) is 39.5 Å². The van der Waals surface area contributed by atoms with Crippen LogP contribution in [0.1, 0.15) is 6.92 Å². The Labute approximate surface area is 189 Å². The fourth-order valence-corrected chi connectivity index (χ4v) is 4.41. The number of hydrogen-bond donors (Lipinski definition) is 1. The van der Waals surface area contributed by atoms with Gasteiger partial charge >= 0.3 is 0 Å². The van der Waals surface area contributed by atoms with Crippen molar-refractivity contribution in [2.24, 2.45) is 0 Å². The van der Waals surface area contributed by atoms with Crippen molar-refractivity contribution in [1.82, 2.24) is 4.98 Å². The van der Waals surface area contributed by atoms with Crippen molar-refractivity contribution in [3.05, 3.63) is 72.3 Å². The van der Waals surface area contributed by atoms with Crippen molar-refractivity contribution in [1.29, 1.82) is 0 Å². The normalized spacial score (nSPS) is 11.5. The zero-order valence-corrected chi connectivity index (χ0v) is 18.6. The van der Waals surface area contributed by atoms with E-state index in [0.29, 0.717) is 28.0 Å². The van der Waals surface area contributed by atoms with Gasteiger partial charge in [0.25, 0.3) is 6.01 Å². The Kier molecular flexibility index (Phi) is 5.90. The smallest absolute Gasteiger partial charge is 0.293 e. The molecular weight excluding hydrogens is 450 g/mol. The van der Waals surface area contributed by atoms with Crippen molar-refractivity contribution in [2.75, 3.05) is 18.6 Å². The van der Waals surface area contributed by atoms with E-state index in [4.69, 9.17) is 14.9 Å². The molecule has 9 heteroatoms. The number of nitrogens with zero attached hydrogens (tertiary/aromatic N) is 1. The number of nitrogens with two attached hydrogens (primary N) is 1. The van der Waals surface area contributed by atoms with Crippen LogP contribution in [0.25, 0.3) is 33.7 Å². The van der Waals surface area contributed by atoms with E-state index in [-0.39, 0.29) is 28.1 Å². The van der Waals surface area contributed by atoms with Gasteiger partial charge < -0.3 is 14.9 Å². The number of anilines is 1. The van der Waals surface area contributed by atoms with Gasteiger partial charge in [-0.3, -0.25) is 0 Å². The molecular formula is C24H20F2N2O4S. The summed E-state index contributed by atoms with van der Waals surface area (Å²) >= 11 is 0. The molecule has 0 aliphatic carbocycles. The van der Waals surface area contributed by atoms with Gasteiger partial charge in [0.05, 0.1) is 17.8 Å². The average molecular weight is 470 g/mol. The molecule has 0 aliphatic rings. The van der Waals surface area contributed by atoms with Crippen LogP contribution in [0.2, 0.25) is 0 Å². The first-order valence-electron chi connectivity index (χ1n) is 9.96. The Morgan fingerprint density at radius 2 is 1.67 bits per heavy atom. The van der Waals surface area contributed by atoms with Crippen molar-refractivity contribution >= 4 is 15.9 Å². The molecule has 3 aromatic carbocycles. The van der Waals surface area contributed by atoms with Crippen LogP contribution in [0.5, 0.6) is 5.75 Å². The highest BCUT2D eigenvalue weighted by Crippen LogP contribution is 2.40. The van der Waals surface area contributed by atoms with Gasteiger partial charge in [0.15, 0.2) is 15.6 Å². The van der Waals surface area contributed by atoms with Crippen molar-refractivity contribution < 1.29 is 26.4 Å². The summed E-state index contributed by atoms with van der Waals surface area (Å²) in [7, 11) is -2.04. The molecule has 0 spiro atoms. The third-order valence-corrected chi connectivity index (χ3v) is 6.86. The average Bonchev–Trinajstić information content (AvgIpc) is 3.19. The third kappa shape index (κ3) is 4.45. The van der Waals surface area contributed by atoms with Crippen LogP contribution in [0.4, 0.5) is 14.8 Å². The maximum absolute atomic E-state index is 13.7. The Bertz CT molecular complexity index is 1430. The molecule has 0 aliphatic heterocycles. The van der Waals surface area contributed by atoms with Gasteiger partial charge in [-0.25, -0.2) is 17.2 Å². The van der Waals surface area contributed by atoms with Crippen LogP contribution >= 0.6 is 0 Å². The molecule has 0 amide bonds. The maximum Gasteiger partial charge on any atom is 0.293 e. The lowest BCUT2D eigenvalue weighted by Gasteiger charge is -2.11. The summed E-state index contributed by atoms with van der Waals surface area (Å²) in [4.78, 5) is 4.37. The van der Waals surface area contributed by atoms with E-state index in [0.717, 1.165) is 6.07 Å². The summed E-state index contributed by atoms with van der Waals surface area (Å²) in [6, 6.07) is 14.4. The van der Waals surface area contributed by atoms with E-state index in [1.54, 1.807) is 37.3 Å². The van der Waals surface area contributed by atoms with Gasteiger partial charge in [-0.1, -0.05) is 25.1 Å². The van der Waals surface area contributed by atoms with E-state index in [9.17, 15) is 17.2 Å².